The Balaban J connectivity index is 1.67. The van der Waals surface area contributed by atoms with Crippen LogP contribution in [0.4, 0.5) is 0 Å². The molecular weight excluding hydrogens is 216 g/mol. The van der Waals surface area contributed by atoms with Gasteiger partial charge in [-0.1, -0.05) is 6.07 Å². The normalized spacial score (nSPS) is 28.0. The number of nitrogens with one attached hydrogen (secondary N) is 2. The van der Waals surface area contributed by atoms with E-state index in [2.05, 4.69) is 10.3 Å². The molecule has 92 valence electrons. The van der Waals surface area contributed by atoms with Gasteiger partial charge in [-0.15, -0.1) is 0 Å². The van der Waals surface area contributed by atoms with Crippen molar-refractivity contribution in [3.8, 4) is 0 Å². The molecule has 1 aromatic heterocycles. The molecule has 1 aliphatic carbocycles. The highest BCUT2D eigenvalue weighted by atomic mass is 16.5. The fraction of sp³-hybridized carbons (Fsp3) is 0.615. The van der Waals surface area contributed by atoms with Gasteiger partial charge in [-0.05, 0) is 31.2 Å². The smallest absolute Gasteiger partial charge is 0.248 e. The summed E-state index contributed by atoms with van der Waals surface area (Å²) in [5.41, 5.74) is 2.42. The summed E-state index contributed by atoms with van der Waals surface area (Å²) in [4.78, 5) is 14.1. The third-order valence-corrected chi connectivity index (χ3v) is 3.71. The molecule has 17 heavy (non-hydrogen) atoms. The number of aromatic amines is 1. The summed E-state index contributed by atoms with van der Waals surface area (Å²) in [6.07, 6.45) is 4.21. The van der Waals surface area contributed by atoms with Gasteiger partial charge in [0.1, 0.15) is 0 Å². The molecule has 2 atom stereocenters. The molecule has 0 spiro atoms. The molecule has 0 amide bonds. The van der Waals surface area contributed by atoms with Crippen LogP contribution in [0.5, 0.6) is 0 Å². The zero-order valence-electron chi connectivity index (χ0n) is 9.87. The molecule has 0 unspecified atom stereocenters. The van der Waals surface area contributed by atoms with Gasteiger partial charge in [-0.3, -0.25) is 4.79 Å². The van der Waals surface area contributed by atoms with E-state index >= 15 is 0 Å². The molecule has 0 saturated carbocycles. The molecule has 2 heterocycles. The van der Waals surface area contributed by atoms with E-state index < -0.39 is 0 Å². The third-order valence-electron chi connectivity index (χ3n) is 3.71. The van der Waals surface area contributed by atoms with Crippen LogP contribution in [0.3, 0.4) is 0 Å². The highest BCUT2D eigenvalue weighted by Crippen LogP contribution is 2.19. The topological polar surface area (TPSA) is 54.1 Å². The SMILES string of the molecule is O=c1ccc2c([nH]1)CC[C@@H](N[C@@H]1CCOC1)C2. The molecule has 3 rings (SSSR count). The Kier molecular flexibility index (Phi) is 2.99. The van der Waals surface area contributed by atoms with Gasteiger partial charge >= 0.3 is 0 Å². The van der Waals surface area contributed by atoms with Crippen molar-refractivity contribution in [2.45, 2.75) is 37.8 Å². The van der Waals surface area contributed by atoms with Crippen LogP contribution in [0, 0.1) is 0 Å². The molecule has 1 fully saturated rings. The second-order valence-corrected chi connectivity index (χ2v) is 4.99. The molecule has 0 radical (unpaired) electrons. The quantitative estimate of drug-likeness (QED) is 0.788. The number of H-pyrrole nitrogens is 1. The van der Waals surface area contributed by atoms with Crippen molar-refractivity contribution in [1.82, 2.24) is 10.3 Å². The van der Waals surface area contributed by atoms with Crippen molar-refractivity contribution in [2.24, 2.45) is 0 Å². The van der Waals surface area contributed by atoms with Gasteiger partial charge < -0.3 is 15.0 Å². The van der Waals surface area contributed by atoms with Crippen LogP contribution in [-0.4, -0.2) is 30.3 Å². The Morgan fingerprint density at radius 1 is 1.29 bits per heavy atom. The summed E-state index contributed by atoms with van der Waals surface area (Å²) >= 11 is 0. The summed E-state index contributed by atoms with van der Waals surface area (Å²) in [6.45, 7) is 1.73. The first-order chi connectivity index (χ1) is 8.31. The molecule has 4 nitrogen and oxygen atoms in total. The second-order valence-electron chi connectivity index (χ2n) is 4.99. The molecule has 0 aromatic carbocycles. The van der Waals surface area contributed by atoms with Crippen molar-refractivity contribution in [1.29, 1.82) is 0 Å². The Labute approximate surface area is 100 Å². The minimum atomic E-state index is 0.0133. The Morgan fingerprint density at radius 3 is 3.06 bits per heavy atom. The van der Waals surface area contributed by atoms with Crippen LogP contribution in [0.15, 0.2) is 16.9 Å². The van der Waals surface area contributed by atoms with Crippen molar-refractivity contribution in [3.05, 3.63) is 33.7 Å². The first kappa shape index (κ1) is 11.0. The lowest BCUT2D eigenvalue weighted by atomic mass is 9.91. The van der Waals surface area contributed by atoms with Crippen molar-refractivity contribution < 1.29 is 4.74 Å². The van der Waals surface area contributed by atoms with Gasteiger partial charge in [0.15, 0.2) is 0 Å². The van der Waals surface area contributed by atoms with E-state index in [1.807, 2.05) is 6.07 Å². The number of aryl methyl sites for hydroxylation is 1. The standard InChI is InChI=1S/C13H18N2O2/c16-13-4-1-9-7-10(2-3-12(9)15-13)14-11-5-6-17-8-11/h1,4,10-11,14H,2-3,5-8H2,(H,15,16)/t10-,11-/m1/s1. The number of aromatic nitrogens is 1. The lowest BCUT2D eigenvalue weighted by Gasteiger charge is -2.27. The fourth-order valence-electron chi connectivity index (χ4n) is 2.79. The number of ether oxygens (including phenoxy) is 1. The van der Waals surface area contributed by atoms with Crippen molar-refractivity contribution in [3.63, 3.8) is 0 Å². The van der Waals surface area contributed by atoms with E-state index in [0.717, 1.165) is 44.6 Å². The number of hydrogen-bond donors (Lipinski definition) is 2. The Morgan fingerprint density at radius 2 is 2.24 bits per heavy atom. The van der Waals surface area contributed by atoms with Crippen molar-refractivity contribution >= 4 is 0 Å². The van der Waals surface area contributed by atoms with Crippen LogP contribution in [0.25, 0.3) is 0 Å². The van der Waals surface area contributed by atoms with E-state index in [4.69, 9.17) is 4.74 Å². The maximum Gasteiger partial charge on any atom is 0.248 e. The van der Waals surface area contributed by atoms with Crippen LogP contribution in [0.2, 0.25) is 0 Å². The van der Waals surface area contributed by atoms with Gasteiger partial charge in [0.2, 0.25) is 5.56 Å². The van der Waals surface area contributed by atoms with E-state index in [-0.39, 0.29) is 5.56 Å². The molecule has 4 heteroatoms. The Hall–Kier alpha value is -1.13. The van der Waals surface area contributed by atoms with Crippen molar-refractivity contribution in [2.75, 3.05) is 13.2 Å². The number of pyridine rings is 1. The number of fused-ring (bicyclic) bond motifs is 1. The maximum atomic E-state index is 11.2. The first-order valence-corrected chi connectivity index (χ1v) is 6.36. The fourth-order valence-corrected chi connectivity index (χ4v) is 2.79. The van der Waals surface area contributed by atoms with E-state index in [1.165, 1.54) is 5.56 Å². The highest BCUT2D eigenvalue weighted by Gasteiger charge is 2.23. The van der Waals surface area contributed by atoms with Gasteiger partial charge in [0.25, 0.3) is 0 Å². The average molecular weight is 234 g/mol. The molecular formula is C13H18N2O2. The summed E-state index contributed by atoms with van der Waals surface area (Å²) in [7, 11) is 0. The first-order valence-electron chi connectivity index (χ1n) is 6.36. The van der Waals surface area contributed by atoms with E-state index in [9.17, 15) is 4.79 Å². The molecule has 1 aromatic rings. The van der Waals surface area contributed by atoms with E-state index in [1.54, 1.807) is 6.07 Å². The number of rotatable bonds is 2. The lowest BCUT2D eigenvalue weighted by Crippen LogP contribution is -2.42. The zero-order chi connectivity index (χ0) is 11.7. The number of hydrogen-bond acceptors (Lipinski definition) is 3. The molecule has 2 aliphatic rings. The molecule has 0 bridgehead atoms. The Bertz CT molecular complexity index is 449. The van der Waals surface area contributed by atoms with Gasteiger partial charge in [-0.25, -0.2) is 0 Å². The van der Waals surface area contributed by atoms with Crippen LogP contribution >= 0.6 is 0 Å². The van der Waals surface area contributed by atoms with Gasteiger partial charge in [0, 0.05) is 30.5 Å². The predicted octanol–water partition coefficient (Wildman–Crippen LogP) is 0.611. The minimum absolute atomic E-state index is 0.0133. The van der Waals surface area contributed by atoms with Crippen LogP contribution < -0.4 is 10.9 Å². The summed E-state index contributed by atoms with van der Waals surface area (Å²) in [5, 5.41) is 3.66. The van der Waals surface area contributed by atoms with Gasteiger partial charge in [-0.2, -0.15) is 0 Å². The summed E-state index contributed by atoms with van der Waals surface area (Å²) in [6, 6.07) is 4.64. The maximum absolute atomic E-state index is 11.2. The van der Waals surface area contributed by atoms with Crippen LogP contribution in [-0.2, 0) is 17.6 Å². The summed E-state index contributed by atoms with van der Waals surface area (Å²) < 4.78 is 5.37. The van der Waals surface area contributed by atoms with Crippen LogP contribution in [0.1, 0.15) is 24.1 Å². The minimum Gasteiger partial charge on any atom is -0.380 e. The predicted molar refractivity (Wildman–Crippen MR) is 65.2 cm³/mol. The van der Waals surface area contributed by atoms with Gasteiger partial charge in [0.05, 0.1) is 6.61 Å². The monoisotopic (exact) mass is 234 g/mol. The highest BCUT2D eigenvalue weighted by molar-refractivity contribution is 5.24. The molecule has 1 saturated heterocycles. The molecule has 2 N–H and O–H groups in total. The second kappa shape index (κ2) is 4.63. The van der Waals surface area contributed by atoms with E-state index in [0.29, 0.717) is 12.1 Å². The average Bonchev–Trinajstić information content (AvgIpc) is 2.82. The third kappa shape index (κ3) is 2.42. The zero-order valence-corrected chi connectivity index (χ0v) is 9.87. The molecule has 1 aliphatic heterocycles. The largest absolute Gasteiger partial charge is 0.380 e. The lowest BCUT2D eigenvalue weighted by molar-refractivity contribution is 0.187. The summed E-state index contributed by atoms with van der Waals surface area (Å²) in [5.74, 6) is 0.